The molecule has 0 aliphatic heterocycles. The minimum atomic E-state index is -5.07. The van der Waals surface area contributed by atoms with Gasteiger partial charge in [-0.3, -0.25) is 4.79 Å². The van der Waals surface area contributed by atoms with Gasteiger partial charge in [0.1, 0.15) is 5.01 Å². The first kappa shape index (κ1) is 20.4. The fourth-order valence-electron chi connectivity index (χ4n) is 2.96. The van der Waals surface area contributed by atoms with E-state index in [0.29, 0.717) is 28.4 Å². The number of thiazole rings is 1. The van der Waals surface area contributed by atoms with Crippen LogP contribution in [-0.2, 0) is 10.4 Å². The van der Waals surface area contributed by atoms with Crippen molar-refractivity contribution in [2.24, 2.45) is 0 Å². The molecule has 2 N–H and O–H groups in total. The molecule has 1 atom stereocenters. The van der Waals surface area contributed by atoms with E-state index in [9.17, 15) is 23.1 Å². The van der Waals surface area contributed by atoms with Crippen molar-refractivity contribution in [1.29, 1.82) is 0 Å². The van der Waals surface area contributed by atoms with Crippen molar-refractivity contribution in [3.63, 3.8) is 0 Å². The molecule has 0 radical (unpaired) electrons. The highest BCUT2D eigenvalue weighted by atomic mass is 32.1. The minimum absolute atomic E-state index is 0.233. The summed E-state index contributed by atoms with van der Waals surface area (Å²) in [4.78, 5) is 16.1. The molecule has 0 spiro atoms. The number of aliphatic hydroxyl groups is 1. The largest absolute Gasteiger partial charge is 0.424 e. The first-order chi connectivity index (χ1) is 14.2. The van der Waals surface area contributed by atoms with Gasteiger partial charge in [0.25, 0.3) is 0 Å². The lowest BCUT2D eigenvalue weighted by Gasteiger charge is -2.27. The predicted molar refractivity (Wildman–Crippen MR) is 102 cm³/mol. The number of nitrogens with one attached hydrogen (secondary N) is 1. The summed E-state index contributed by atoms with van der Waals surface area (Å²) in [6.45, 7) is 1.51. The molecule has 2 heterocycles. The van der Waals surface area contributed by atoms with Gasteiger partial charge in [0.2, 0.25) is 11.5 Å². The van der Waals surface area contributed by atoms with Gasteiger partial charge < -0.3 is 10.4 Å². The van der Waals surface area contributed by atoms with Gasteiger partial charge in [-0.2, -0.15) is 13.2 Å². The highest BCUT2D eigenvalue weighted by Crippen LogP contribution is 2.43. The number of carbonyl (C=O) groups is 1. The molecule has 1 aromatic carbocycles. The predicted octanol–water partition coefficient (Wildman–Crippen LogP) is 3.22. The second-order valence-corrected chi connectivity index (χ2v) is 7.99. The molecule has 8 nitrogen and oxygen atoms in total. The van der Waals surface area contributed by atoms with Gasteiger partial charge in [-0.1, -0.05) is 12.1 Å². The van der Waals surface area contributed by atoms with Crippen molar-refractivity contribution in [2.75, 3.05) is 5.32 Å². The Morgan fingerprint density at radius 2 is 2.13 bits per heavy atom. The zero-order valence-electron chi connectivity index (χ0n) is 15.7. The van der Waals surface area contributed by atoms with Gasteiger partial charge in [0, 0.05) is 22.3 Å². The molecule has 1 unspecified atom stereocenters. The highest BCUT2D eigenvalue weighted by Gasteiger charge is 2.58. The zero-order valence-corrected chi connectivity index (χ0v) is 16.5. The third-order valence-corrected chi connectivity index (χ3v) is 5.76. The number of aryl methyl sites for hydroxylation is 1. The minimum Gasteiger partial charge on any atom is -0.374 e. The van der Waals surface area contributed by atoms with Crippen molar-refractivity contribution in [1.82, 2.24) is 25.2 Å². The summed E-state index contributed by atoms with van der Waals surface area (Å²) >= 11 is 0.657. The van der Waals surface area contributed by atoms with E-state index in [-0.39, 0.29) is 11.7 Å². The maximum Gasteiger partial charge on any atom is 0.424 e. The Bertz CT molecular complexity index is 1080. The molecule has 4 rings (SSSR count). The van der Waals surface area contributed by atoms with E-state index in [1.54, 1.807) is 22.9 Å². The Balaban J connectivity index is 1.54. The maximum absolute atomic E-state index is 13.6. The summed E-state index contributed by atoms with van der Waals surface area (Å²) in [5.74, 6) is -0.486. The maximum atomic E-state index is 13.6. The molecule has 3 aromatic rings. The molecule has 1 aliphatic rings. The summed E-state index contributed by atoms with van der Waals surface area (Å²) in [6.07, 6.45) is -4.34. The SMILES string of the molecule is Cc1csc(C(O)(CC(=O)Nc2cccc(-c3nnnn3C3CC3)c2)C(F)(F)F)n1. The Morgan fingerprint density at radius 3 is 2.77 bits per heavy atom. The quantitative estimate of drug-likeness (QED) is 0.612. The van der Waals surface area contributed by atoms with Crippen LogP contribution in [0.5, 0.6) is 0 Å². The Labute approximate surface area is 172 Å². The number of rotatable bonds is 6. The van der Waals surface area contributed by atoms with Crippen LogP contribution >= 0.6 is 11.3 Å². The van der Waals surface area contributed by atoms with Crippen molar-refractivity contribution in [2.45, 2.75) is 44.0 Å². The van der Waals surface area contributed by atoms with Crippen LogP contribution in [0.15, 0.2) is 29.6 Å². The molecule has 1 amide bonds. The van der Waals surface area contributed by atoms with E-state index >= 15 is 0 Å². The van der Waals surface area contributed by atoms with Crippen LogP contribution in [0.4, 0.5) is 18.9 Å². The fourth-order valence-corrected chi connectivity index (χ4v) is 3.88. The number of hydrogen-bond acceptors (Lipinski definition) is 7. The van der Waals surface area contributed by atoms with Gasteiger partial charge in [0.15, 0.2) is 5.82 Å². The van der Waals surface area contributed by atoms with Gasteiger partial charge in [-0.25, -0.2) is 9.67 Å². The summed E-state index contributed by atoms with van der Waals surface area (Å²) in [5.41, 5.74) is -2.16. The van der Waals surface area contributed by atoms with Crippen molar-refractivity contribution >= 4 is 22.9 Å². The van der Waals surface area contributed by atoms with Crippen LogP contribution in [0.25, 0.3) is 11.4 Å². The van der Waals surface area contributed by atoms with Crippen LogP contribution in [0.1, 0.15) is 36.0 Å². The van der Waals surface area contributed by atoms with E-state index in [2.05, 4.69) is 25.8 Å². The Kier molecular flexibility index (Phi) is 5.06. The fraction of sp³-hybridized carbons (Fsp3) is 0.389. The second kappa shape index (κ2) is 7.43. The average molecular weight is 438 g/mol. The summed E-state index contributed by atoms with van der Waals surface area (Å²) in [5, 5.41) is 25.2. The zero-order chi connectivity index (χ0) is 21.5. The number of alkyl halides is 3. The van der Waals surface area contributed by atoms with Crippen molar-refractivity contribution in [3.8, 4) is 11.4 Å². The molecule has 1 fully saturated rings. The topological polar surface area (TPSA) is 106 Å². The molecular weight excluding hydrogens is 421 g/mol. The van der Waals surface area contributed by atoms with Crippen molar-refractivity contribution in [3.05, 3.63) is 40.3 Å². The lowest BCUT2D eigenvalue weighted by atomic mass is 9.99. The molecule has 2 aromatic heterocycles. The number of nitrogens with zero attached hydrogens (tertiary/aromatic N) is 5. The molecule has 1 aliphatic carbocycles. The van der Waals surface area contributed by atoms with Crippen LogP contribution in [0.3, 0.4) is 0 Å². The smallest absolute Gasteiger partial charge is 0.374 e. The number of anilines is 1. The molecular formula is C18H17F3N6O2S. The molecule has 0 saturated heterocycles. The second-order valence-electron chi connectivity index (χ2n) is 7.14. The number of carbonyl (C=O) groups excluding carboxylic acids is 1. The summed E-state index contributed by atoms with van der Waals surface area (Å²) in [7, 11) is 0. The molecule has 1 saturated carbocycles. The van der Waals surface area contributed by atoms with E-state index in [1.807, 2.05) is 0 Å². The third kappa shape index (κ3) is 3.92. The monoisotopic (exact) mass is 438 g/mol. The van der Waals surface area contributed by atoms with Gasteiger partial charge in [-0.05, 0) is 42.3 Å². The summed E-state index contributed by atoms with van der Waals surface area (Å²) in [6, 6.07) is 6.72. The normalized spacial score (nSPS) is 16.3. The number of aromatic nitrogens is 5. The number of tetrazole rings is 1. The number of hydrogen-bond donors (Lipinski definition) is 2. The van der Waals surface area contributed by atoms with E-state index in [1.165, 1.54) is 18.4 Å². The Hall–Kier alpha value is -2.86. The lowest BCUT2D eigenvalue weighted by molar-refractivity contribution is -0.266. The molecule has 30 heavy (non-hydrogen) atoms. The van der Waals surface area contributed by atoms with Gasteiger partial charge in [-0.15, -0.1) is 16.4 Å². The first-order valence-corrected chi connectivity index (χ1v) is 9.95. The van der Waals surface area contributed by atoms with Crippen LogP contribution in [0, 0.1) is 6.92 Å². The lowest BCUT2D eigenvalue weighted by Crippen LogP contribution is -2.45. The molecule has 158 valence electrons. The van der Waals surface area contributed by atoms with E-state index in [4.69, 9.17) is 0 Å². The summed E-state index contributed by atoms with van der Waals surface area (Å²) < 4.78 is 42.4. The van der Waals surface area contributed by atoms with E-state index in [0.717, 1.165) is 12.8 Å². The molecule has 12 heteroatoms. The Morgan fingerprint density at radius 1 is 1.37 bits per heavy atom. The highest BCUT2D eigenvalue weighted by molar-refractivity contribution is 7.09. The number of halogens is 3. The van der Waals surface area contributed by atoms with E-state index < -0.39 is 29.1 Å². The third-order valence-electron chi connectivity index (χ3n) is 4.65. The number of benzene rings is 1. The standard InChI is InChI=1S/C18H17F3N6O2S/c1-10-9-30-16(22-10)17(29,18(19,20)21)8-14(28)23-12-4-2-3-11(7-12)15-24-25-26-27(15)13-5-6-13/h2-4,7,9,13,29H,5-6,8H2,1H3,(H,23,28). The van der Waals surface area contributed by atoms with Crippen molar-refractivity contribution < 1.29 is 23.1 Å². The van der Waals surface area contributed by atoms with Crippen LogP contribution < -0.4 is 5.32 Å². The van der Waals surface area contributed by atoms with Crippen LogP contribution in [-0.4, -0.2) is 42.4 Å². The molecule has 0 bridgehead atoms. The first-order valence-electron chi connectivity index (χ1n) is 9.07. The van der Waals surface area contributed by atoms with Gasteiger partial charge >= 0.3 is 6.18 Å². The number of amides is 1. The average Bonchev–Trinajstić information content (AvgIpc) is 3.22. The van der Waals surface area contributed by atoms with Crippen LogP contribution in [0.2, 0.25) is 0 Å². The van der Waals surface area contributed by atoms with Gasteiger partial charge in [0.05, 0.1) is 12.5 Å².